The van der Waals surface area contributed by atoms with Crippen molar-refractivity contribution in [3.63, 3.8) is 0 Å². The van der Waals surface area contributed by atoms with Gasteiger partial charge in [0.05, 0.1) is 5.75 Å². The van der Waals surface area contributed by atoms with E-state index in [0.717, 1.165) is 5.56 Å². The summed E-state index contributed by atoms with van der Waals surface area (Å²) in [5.74, 6) is 6.77. The van der Waals surface area contributed by atoms with Gasteiger partial charge in [0.15, 0.2) is 0 Å². The van der Waals surface area contributed by atoms with Gasteiger partial charge in [-0.25, -0.2) is 4.98 Å². The smallest absolute Gasteiger partial charge is 0.124 e. The number of rotatable bonds is 0. The van der Waals surface area contributed by atoms with Gasteiger partial charge in [0, 0.05) is 11.8 Å². The van der Waals surface area contributed by atoms with Gasteiger partial charge in [-0.3, -0.25) is 0 Å². The predicted molar refractivity (Wildman–Crippen MR) is 49.4 cm³/mol. The van der Waals surface area contributed by atoms with Crippen LogP contribution in [0.3, 0.4) is 0 Å². The van der Waals surface area contributed by atoms with Crippen molar-refractivity contribution in [2.24, 2.45) is 0 Å². The second-order valence-corrected chi connectivity index (χ2v) is 2.25. The molecule has 1 aromatic heterocycles. The van der Waals surface area contributed by atoms with Crippen LogP contribution in [0.15, 0.2) is 18.3 Å². The fraction of sp³-hybridized carbons (Fsp3) is 0.125. The minimum Gasteiger partial charge on any atom is -0.384 e. The quantitative estimate of drug-likeness (QED) is 0.442. The Morgan fingerprint density at radius 2 is 2.45 bits per heavy atom. The Balaban J connectivity index is 2.87. The molecule has 0 spiro atoms. The number of nitrogens with two attached hydrogens (primary N) is 1. The van der Waals surface area contributed by atoms with Crippen LogP contribution in [0.5, 0.6) is 0 Å². The Bertz CT molecular complexity index is 298. The molecular formula is C8H8N2S. The van der Waals surface area contributed by atoms with Gasteiger partial charge < -0.3 is 5.73 Å². The summed E-state index contributed by atoms with van der Waals surface area (Å²) < 4.78 is 0. The molecule has 0 bridgehead atoms. The Morgan fingerprint density at radius 3 is 3.09 bits per heavy atom. The SMILES string of the molecule is Nc1cc(C#CCS)ccn1. The van der Waals surface area contributed by atoms with Crippen molar-refractivity contribution in [2.75, 3.05) is 11.5 Å². The lowest BCUT2D eigenvalue weighted by Crippen LogP contribution is -1.88. The van der Waals surface area contributed by atoms with Crippen LogP contribution in [0.25, 0.3) is 0 Å². The fourth-order valence-corrected chi connectivity index (χ4v) is 0.747. The molecule has 0 aliphatic carbocycles. The van der Waals surface area contributed by atoms with Gasteiger partial charge in [0.1, 0.15) is 5.82 Å². The fourth-order valence-electron chi connectivity index (χ4n) is 0.668. The average molecular weight is 164 g/mol. The van der Waals surface area contributed by atoms with Crippen LogP contribution in [0.4, 0.5) is 5.82 Å². The zero-order valence-electron chi connectivity index (χ0n) is 5.91. The molecule has 1 heterocycles. The molecule has 0 aliphatic heterocycles. The zero-order chi connectivity index (χ0) is 8.10. The van der Waals surface area contributed by atoms with Gasteiger partial charge in [0.2, 0.25) is 0 Å². The lowest BCUT2D eigenvalue weighted by atomic mass is 10.3. The number of nitrogens with zero attached hydrogens (tertiary/aromatic N) is 1. The second-order valence-electron chi connectivity index (χ2n) is 1.93. The molecule has 0 saturated carbocycles. The van der Waals surface area contributed by atoms with Gasteiger partial charge in [0.25, 0.3) is 0 Å². The highest BCUT2D eigenvalue weighted by atomic mass is 32.1. The number of nitrogen functional groups attached to an aromatic ring is 1. The first-order valence-electron chi connectivity index (χ1n) is 3.14. The zero-order valence-corrected chi connectivity index (χ0v) is 6.81. The summed E-state index contributed by atoms with van der Waals surface area (Å²) >= 11 is 3.96. The maximum Gasteiger partial charge on any atom is 0.124 e. The number of pyridine rings is 1. The van der Waals surface area contributed by atoms with Crippen molar-refractivity contribution < 1.29 is 0 Å². The Morgan fingerprint density at radius 1 is 1.64 bits per heavy atom. The summed E-state index contributed by atoms with van der Waals surface area (Å²) in [7, 11) is 0. The molecule has 3 heteroatoms. The van der Waals surface area contributed by atoms with E-state index >= 15 is 0 Å². The van der Waals surface area contributed by atoms with Gasteiger partial charge in [-0.1, -0.05) is 11.8 Å². The molecule has 2 N–H and O–H groups in total. The summed E-state index contributed by atoms with van der Waals surface area (Å²) in [5, 5.41) is 0. The monoisotopic (exact) mass is 164 g/mol. The van der Waals surface area contributed by atoms with Crippen molar-refractivity contribution >= 4 is 18.4 Å². The largest absolute Gasteiger partial charge is 0.384 e. The minimum absolute atomic E-state index is 0.496. The molecule has 0 aliphatic rings. The Kier molecular flexibility index (Phi) is 2.82. The van der Waals surface area contributed by atoms with Crippen LogP contribution in [-0.2, 0) is 0 Å². The Hall–Kier alpha value is -1.14. The standard InChI is InChI=1S/C8H8N2S/c9-8-6-7(2-1-5-11)3-4-10-8/h3-4,6,11H,5H2,(H2,9,10). The summed E-state index contributed by atoms with van der Waals surface area (Å²) in [6, 6.07) is 3.54. The van der Waals surface area contributed by atoms with E-state index < -0.39 is 0 Å². The van der Waals surface area contributed by atoms with Crippen molar-refractivity contribution in [3.05, 3.63) is 23.9 Å². The first kappa shape index (κ1) is 7.96. The number of aromatic nitrogens is 1. The molecule has 0 unspecified atom stereocenters. The summed E-state index contributed by atoms with van der Waals surface area (Å²) in [6.45, 7) is 0. The second kappa shape index (κ2) is 3.89. The molecule has 0 aromatic carbocycles. The van der Waals surface area contributed by atoms with E-state index in [0.29, 0.717) is 11.6 Å². The van der Waals surface area contributed by atoms with Gasteiger partial charge >= 0.3 is 0 Å². The molecule has 0 atom stereocenters. The van der Waals surface area contributed by atoms with Crippen LogP contribution in [0.1, 0.15) is 5.56 Å². The molecule has 0 radical (unpaired) electrons. The van der Waals surface area contributed by atoms with E-state index in [1.54, 1.807) is 12.3 Å². The molecule has 1 rings (SSSR count). The number of thiol groups is 1. The van der Waals surface area contributed by atoms with E-state index in [4.69, 9.17) is 5.73 Å². The van der Waals surface area contributed by atoms with Crippen LogP contribution >= 0.6 is 12.6 Å². The third kappa shape index (κ3) is 2.52. The Labute approximate surface area is 71.2 Å². The van der Waals surface area contributed by atoms with Crippen LogP contribution in [-0.4, -0.2) is 10.7 Å². The molecule has 1 aromatic rings. The van der Waals surface area contributed by atoms with Crippen LogP contribution in [0.2, 0.25) is 0 Å². The predicted octanol–water partition coefficient (Wildman–Crippen LogP) is 0.945. The van der Waals surface area contributed by atoms with Crippen LogP contribution in [0, 0.1) is 11.8 Å². The van der Waals surface area contributed by atoms with Crippen molar-refractivity contribution in [1.82, 2.24) is 4.98 Å². The number of hydrogen-bond donors (Lipinski definition) is 2. The summed E-state index contributed by atoms with van der Waals surface area (Å²) in [6.07, 6.45) is 1.64. The number of hydrogen-bond acceptors (Lipinski definition) is 3. The minimum atomic E-state index is 0.496. The highest BCUT2D eigenvalue weighted by molar-refractivity contribution is 7.80. The molecule has 0 amide bonds. The van der Waals surface area contributed by atoms with Crippen LogP contribution < -0.4 is 5.73 Å². The van der Waals surface area contributed by atoms with E-state index in [1.165, 1.54) is 0 Å². The topological polar surface area (TPSA) is 38.9 Å². The molecular weight excluding hydrogens is 156 g/mol. The van der Waals surface area contributed by atoms with E-state index in [-0.39, 0.29) is 0 Å². The molecule has 0 saturated heterocycles. The highest BCUT2D eigenvalue weighted by Gasteiger charge is 1.86. The molecule has 11 heavy (non-hydrogen) atoms. The van der Waals surface area contributed by atoms with Gasteiger partial charge in [-0.05, 0) is 12.1 Å². The van der Waals surface area contributed by atoms with Crippen molar-refractivity contribution in [3.8, 4) is 11.8 Å². The average Bonchev–Trinajstić information content (AvgIpc) is 2.01. The lowest BCUT2D eigenvalue weighted by Gasteiger charge is -1.90. The highest BCUT2D eigenvalue weighted by Crippen LogP contribution is 1.99. The first-order chi connectivity index (χ1) is 5.33. The number of anilines is 1. The lowest BCUT2D eigenvalue weighted by molar-refractivity contribution is 1.33. The maximum atomic E-state index is 5.43. The van der Waals surface area contributed by atoms with E-state index in [9.17, 15) is 0 Å². The first-order valence-corrected chi connectivity index (χ1v) is 3.77. The van der Waals surface area contributed by atoms with Gasteiger partial charge in [-0.15, -0.1) is 0 Å². The van der Waals surface area contributed by atoms with E-state index in [1.807, 2.05) is 6.07 Å². The summed E-state index contributed by atoms with van der Waals surface area (Å²) in [5.41, 5.74) is 6.31. The van der Waals surface area contributed by atoms with Gasteiger partial charge in [-0.2, -0.15) is 12.6 Å². The summed E-state index contributed by atoms with van der Waals surface area (Å²) in [4.78, 5) is 3.84. The molecule has 56 valence electrons. The van der Waals surface area contributed by atoms with Crippen molar-refractivity contribution in [1.29, 1.82) is 0 Å². The van der Waals surface area contributed by atoms with Crippen molar-refractivity contribution in [2.45, 2.75) is 0 Å². The normalized spacial score (nSPS) is 8.45. The third-order valence-corrected chi connectivity index (χ3v) is 1.25. The molecule has 2 nitrogen and oxygen atoms in total. The third-order valence-electron chi connectivity index (χ3n) is 1.09. The maximum absolute atomic E-state index is 5.43. The molecule has 0 fully saturated rings. The van der Waals surface area contributed by atoms with E-state index in [2.05, 4.69) is 29.5 Å².